The normalized spacial score (nSPS) is 20.2. The molecule has 5 nitrogen and oxygen atoms in total. The van der Waals surface area contributed by atoms with Crippen LogP contribution in [0.4, 0.5) is 5.69 Å². The van der Waals surface area contributed by atoms with Crippen LogP contribution in [0.1, 0.15) is 12.8 Å². The number of hydrogen-bond donors (Lipinski definition) is 1. The molecule has 0 spiro atoms. The molecule has 112 valence electrons. The molecule has 7 heteroatoms. The fourth-order valence-electron chi connectivity index (χ4n) is 2.31. The Bertz CT molecular complexity index is 571. The van der Waals surface area contributed by atoms with Gasteiger partial charge in [-0.15, -0.1) is 0 Å². The first-order valence-electron chi connectivity index (χ1n) is 6.50. The van der Waals surface area contributed by atoms with E-state index in [-0.39, 0.29) is 16.5 Å². The minimum Gasteiger partial charge on any atom is -0.398 e. The van der Waals surface area contributed by atoms with Gasteiger partial charge in [0.15, 0.2) is 0 Å². The molecule has 1 aromatic carbocycles. The van der Waals surface area contributed by atoms with Crippen molar-refractivity contribution in [3.8, 4) is 0 Å². The Morgan fingerprint density at radius 2 is 2.25 bits per heavy atom. The lowest BCUT2D eigenvalue weighted by Crippen LogP contribution is -2.35. The van der Waals surface area contributed by atoms with E-state index in [9.17, 15) is 8.42 Å². The third kappa shape index (κ3) is 3.44. The maximum atomic E-state index is 12.5. The standard InChI is InChI=1S/C13H19ClN2O3S/c1-16(8-10-3-2-6-19-9-10)20(17,18)13-7-11(14)4-5-12(13)15/h4-5,7,10H,2-3,6,8-9,15H2,1H3. The van der Waals surface area contributed by atoms with E-state index in [0.717, 1.165) is 19.4 Å². The third-order valence-electron chi connectivity index (χ3n) is 3.43. The molecule has 1 atom stereocenters. The van der Waals surface area contributed by atoms with Crippen LogP contribution in [-0.4, -0.2) is 39.5 Å². The van der Waals surface area contributed by atoms with Gasteiger partial charge in [-0.05, 0) is 37.0 Å². The Hall–Kier alpha value is -0.820. The number of halogens is 1. The Morgan fingerprint density at radius 3 is 2.90 bits per heavy atom. The second-order valence-corrected chi connectivity index (χ2v) is 7.50. The maximum absolute atomic E-state index is 12.5. The quantitative estimate of drug-likeness (QED) is 0.861. The zero-order valence-corrected chi connectivity index (χ0v) is 13.0. The van der Waals surface area contributed by atoms with Gasteiger partial charge in [0.05, 0.1) is 12.3 Å². The van der Waals surface area contributed by atoms with Crippen molar-refractivity contribution >= 4 is 27.3 Å². The molecule has 0 saturated carbocycles. The summed E-state index contributed by atoms with van der Waals surface area (Å²) in [6, 6.07) is 4.47. The SMILES string of the molecule is CN(CC1CCCOC1)S(=O)(=O)c1cc(Cl)ccc1N. The highest BCUT2D eigenvalue weighted by molar-refractivity contribution is 7.89. The van der Waals surface area contributed by atoms with Crippen LogP contribution in [0.3, 0.4) is 0 Å². The van der Waals surface area contributed by atoms with Gasteiger partial charge in [0.1, 0.15) is 4.90 Å². The summed E-state index contributed by atoms with van der Waals surface area (Å²) in [6.07, 6.45) is 1.95. The molecule has 1 saturated heterocycles. The molecule has 1 aromatic rings. The molecule has 0 aliphatic carbocycles. The van der Waals surface area contributed by atoms with Crippen LogP contribution in [0, 0.1) is 5.92 Å². The van der Waals surface area contributed by atoms with Crippen LogP contribution in [0.15, 0.2) is 23.1 Å². The van der Waals surface area contributed by atoms with E-state index in [2.05, 4.69) is 0 Å². The van der Waals surface area contributed by atoms with Gasteiger partial charge >= 0.3 is 0 Å². The van der Waals surface area contributed by atoms with Crippen LogP contribution in [0.5, 0.6) is 0 Å². The molecular formula is C13H19ClN2O3S. The van der Waals surface area contributed by atoms with E-state index in [1.54, 1.807) is 13.1 Å². The van der Waals surface area contributed by atoms with E-state index in [0.29, 0.717) is 18.2 Å². The van der Waals surface area contributed by atoms with Crippen molar-refractivity contribution in [2.45, 2.75) is 17.7 Å². The summed E-state index contributed by atoms with van der Waals surface area (Å²) < 4.78 is 31.8. The molecule has 0 bridgehead atoms. The summed E-state index contributed by atoms with van der Waals surface area (Å²) in [5.41, 5.74) is 5.97. The first kappa shape index (κ1) is 15.6. The van der Waals surface area contributed by atoms with Crippen LogP contribution < -0.4 is 5.73 Å². The monoisotopic (exact) mass is 318 g/mol. The zero-order valence-electron chi connectivity index (χ0n) is 11.4. The van der Waals surface area contributed by atoms with Gasteiger partial charge in [-0.25, -0.2) is 12.7 Å². The first-order chi connectivity index (χ1) is 9.41. The van der Waals surface area contributed by atoms with Crippen LogP contribution >= 0.6 is 11.6 Å². The molecule has 2 rings (SSSR count). The molecule has 1 heterocycles. The number of hydrogen-bond acceptors (Lipinski definition) is 4. The lowest BCUT2D eigenvalue weighted by Gasteiger charge is -2.27. The largest absolute Gasteiger partial charge is 0.398 e. The second-order valence-electron chi connectivity index (χ2n) is 5.05. The highest BCUT2D eigenvalue weighted by Gasteiger charge is 2.26. The average Bonchev–Trinajstić information content (AvgIpc) is 2.42. The fourth-order valence-corrected chi connectivity index (χ4v) is 3.93. The van der Waals surface area contributed by atoms with Crippen molar-refractivity contribution < 1.29 is 13.2 Å². The van der Waals surface area contributed by atoms with Crippen LogP contribution in [0.25, 0.3) is 0 Å². The number of rotatable bonds is 4. The number of anilines is 1. The van der Waals surface area contributed by atoms with E-state index in [1.165, 1.54) is 16.4 Å². The average molecular weight is 319 g/mol. The molecule has 1 unspecified atom stereocenters. The third-order valence-corrected chi connectivity index (χ3v) is 5.55. The minimum absolute atomic E-state index is 0.0595. The summed E-state index contributed by atoms with van der Waals surface area (Å²) in [5.74, 6) is 0.226. The smallest absolute Gasteiger partial charge is 0.244 e. The summed E-state index contributed by atoms with van der Waals surface area (Å²) in [5, 5.41) is 0.354. The summed E-state index contributed by atoms with van der Waals surface area (Å²) >= 11 is 5.86. The lowest BCUT2D eigenvalue weighted by atomic mass is 10.0. The van der Waals surface area contributed by atoms with Gasteiger partial charge in [0.25, 0.3) is 0 Å². The van der Waals surface area contributed by atoms with Gasteiger partial charge in [0, 0.05) is 25.2 Å². The Labute approximate surface area is 124 Å². The van der Waals surface area contributed by atoms with Crippen molar-refractivity contribution in [3.05, 3.63) is 23.2 Å². The molecule has 0 amide bonds. The predicted octanol–water partition coefficient (Wildman–Crippen LogP) is 1.97. The number of nitrogen functional groups attached to an aromatic ring is 1. The van der Waals surface area contributed by atoms with Crippen molar-refractivity contribution in [1.29, 1.82) is 0 Å². The summed E-state index contributed by atoms with van der Waals surface area (Å²) in [6.45, 7) is 1.79. The molecule has 1 aliphatic heterocycles. The molecule has 20 heavy (non-hydrogen) atoms. The lowest BCUT2D eigenvalue weighted by molar-refractivity contribution is 0.0495. The van der Waals surface area contributed by atoms with E-state index in [4.69, 9.17) is 22.1 Å². The molecule has 0 aromatic heterocycles. The van der Waals surface area contributed by atoms with E-state index < -0.39 is 10.0 Å². The maximum Gasteiger partial charge on any atom is 0.244 e. The van der Waals surface area contributed by atoms with Gasteiger partial charge < -0.3 is 10.5 Å². The number of benzene rings is 1. The number of ether oxygens (including phenoxy) is 1. The number of nitrogens with two attached hydrogens (primary N) is 1. The highest BCUT2D eigenvalue weighted by Crippen LogP contribution is 2.26. The zero-order chi connectivity index (χ0) is 14.8. The molecule has 1 fully saturated rings. The summed E-state index contributed by atoms with van der Waals surface area (Å²) in [4.78, 5) is 0.0595. The minimum atomic E-state index is -3.62. The van der Waals surface area contributed by atoms with Crippen molar-refractivity contribution in [3.63, 3.8) is 0 Å². The molecular weight excluding hydrogens is 300 g/mol. The van der Waals surface area contributed by atoms with Crippen molar-refractivity contribution in [2.75, 3.05) is 32.5 Å². The van der Waals surface area contributed by atoms with Gasteiger partial charge in [0.2, 0.25) is 10.0 Å². The Balaban J connectivity index is 2.18. The predicted molar refractivity (Wildman–Crippen MR) is 79.2 cm³/mol. The van der Waals surface area contributed by atoms with Gasteiger partial charge in [-0.1, -0.05) is 11.6 Å². The first-order valence-corrected chi connectivity index (χ1v) is 8.32. The second kappa shape index (κ2) is 6.30. The Morgan fingerprint density at radius 1 is 1.50 bits per heavy atom. The van der Waals surface area contributed by atoms with E-state index in [1.807, 2.05) is 0 Å². The Kier molecular flexibility index (Phi) is 4.90. The fraction of sp³-hybridized carbons (Fsp3) is 0.538. The van der Waals surface area contributed by atoms with Crippen LogP contribution in [0.2, 0.25) is 5.02 Å². The molecule has 2 N–H and O–H groups in total. The highest BCUT2D eigenvalue weighted by atomic mass is 35.5. The van der Waals surface area contributed by atoms with Crippen LogP contribution in [-0.2, 0) is 14.8 Å². The molecule has 0 radical (unpaired) electrons. The number of sulfonamides is 1. The number of nitrogens with zero attached hydrogens (tertiary/aromatic N) is 1. The van der Waals surface area contributed by atoms with Gasteiger partial charge in [-0.2, -0.15) is 0 Å². The summed E-state index contributed by atoms with van der Waals surface area (Å²) in [7, 11) is -2.06. The van der Waals surface area contributed by atoms with E-state index >= 15 is 0 Å². The van der Waals surface area contributed by atoms with Gasteiger partial charge in [-0.3, -0.25) is 0 Å². The van der Waals surface area contributed by atoms with Crippen molar-refractivity contribution in [1.82, 2.24) is 4.31 Å². The van der Waals surface area contributed by atoms with Crippen molar-refractivity contribution in [2.24, 2.45) is 5.92 Å². The molecule has 1 aliphatic rings. The topological polar surface area (TPSA) is 72.6 Å².